The summed E-state index contributed by atoms with van der Waals surface area (Å²) in [5.41, 5.74) is 1.75. The first-order valence-corrected chi connectivity index (χ1v) is 13.5. The van der Waals surface area contributed by atoms with Crippen molar-refractivity contribution in [2.45, 2.75) is 112 Å². The molecular weight excluding hydrogens is 380 g/mol. The highest BCUT2D eigenvalue weighted by Gasteiger charge is 2.61. The molecule has 3 saturated carbocycles. The zero-order chi connectivity index (χ0) is 22.6. The van der Waals surface area contributed by atoms with Crippen LogP contribution < -0.4 is 0 Å². The lowest BCUT2D eigenvalue weighted by Gasteiger charge is -2.57. The summed E-state index contributed by atoms with van der Waals surface area (Å²) in [4.78, 5) is 13.5. The molecule has 0 aromatic carbocycles. The monoisotopic (exact) mass is 428 g/mol. The average Bonchev–Trinajstić information content (AvgIpc) is 3.06. The summed E-state index contributed by atoms with van der Waals surface area (Å²) in [5, 5.41) is 10.2. The molecule has 2 nitrogen and oxygen atoms in total. The number of ketones is 1. The standard InChI is InChI=1S/C29H48O2/c1-7-20(18(2)3)9-8-19(4)23-10-11-24-27-25(13-15-29(23,24)6)28(5)14-12-22(30)16-21(28)17-26(27)31/h17-20,22-25,27,30H,7-16H2,1-6H3/t19-,20-,22+,23-,24-,25+,27+,28+,29-/m1/s1. The second-order valence-corrected chi connectivity index (χ2v) is 12.8. The van der Waals surface area contributed by atoms with Crippen molar-refractivity contribution in [1.82, 2.24) is 0 Å². The lowest BCUT2D eigenvalue weighted by molar-refractivity contribution is -0.135. The van der Waals surface area contributed by atoms with Crippen molar-refractivity contribution in [3.05, 3.63) is 11.6 Å². The minimum absolute atomic E-state index is 0.147. The largest absolute Gasteiger partial charge is 0.393 e. The zero-order valence-electron chi connectivity index (χ0n) is 21.1. The van der Waals surface area contributed by atoms with Gasteiger partial charge in [0.15, 0.2) is 5.78 Å². The molecule has 2 heteroatoms. The van der Waals surface area contributed by atoms with E-state index in [0.717, 1.165) is 42.9 Å². The van der Waals surface area contributed by atoms with E-state index in [1.165, 1.54) is 50.5 Å². The fourth-order valence-electron chi connectivity index (χ4n) is 9.04. The number of allylic oxidation sites excluding steroid dienone is 1. The molecular formula is C29H48O2. The molecule has 0 amide bonds. The molecule has 0 saturated heterocycles. The van der Waals surface area contributed by atoms with Gasteiger partial charge in [0.1, 0.15) is 0 Å². The van der Waals surface area contributed by atoms with Crippen molar-refractivity contribution >= 4 is 5.78 Å². The van der Waals surface area contributed by atoms with Crippen LogP contribution in [0.4, 0.5) is 0 Å². The fourth-order valence-corrected chi connectivity index (χ4v) is 9.04. The minimum Gasteiger partial charge on any atom is -0.393 e. The molecule has 3 fully saturated rings. The number of hydrogen-bond acceptors (Lipinski definition) is 2. The van der Waals surface area contributed by atoms with Gasteiger partial charge in [0.25, 0.3) is 0 Å². The highest BCUT2D eigenvalue weighted by Crippen LogP contribution is 2.66. The summed E-state index contributed by atoms with van der Waals surface area (Å²) in [7, 11) is 0. The Kier molecular flexibility index (Phi) is 6.54. The van der Waals surface area contributed by atoms with E-state index in [1.54, 1.807) is 0 Å². The van der Waals surface area contributed by atoms with Crippen molar-refractivity contribution in [3.8, 4) is 0 Å². The van der Waals surface area contributed by atoms with Gasteiger partial charge >= 0.3 is 0 Å². The zero-order valence-corrected chi connectivity index (χ0v) is 21.1. The Bertz CT molecular complexity index is 708. The highest BCUT2D eigenvalue weighted by atomic mass is 16.3. The van der Waals surface area contributed by atoms with Crippen LogP contribution in [0.2, 0.25) is 0 Å². The van der Waals surface area contributed by atoms with Gasteiger partial charge in [-0.3, -0.25) is 4.79 Å². The Hall–Kier alpha value is -0.630. The van der Waals surface area contributed by atoms with Crippen LogP contribution in [0.3, 0.4) is 0 Å². The van der Waals surface area contributed by atoms with Crippen LogP contribution in [-0.4, -0.2) is 17.0 Å². The summed E-state index contributed by atoms with van der Waals surface area (Å²) in [6.07, 6.45) is 13.5. The average molecular weight is 429 g/mol. The number of carbonyl (C=O) groups excluding carboxylic acids is 1. The lowest BCUT2D eigenvalue weighted by atomic mass is 9.46. The third-order valence-corrected chi connectivity index (χ3v) is 11.1. The smallest absolute Gasteiger partial charge is 0.159 e. The van der Waals surface area contributed by atoms with E-state index in [-0.39, 0.29) is 17.4 Å². The summed E-state index contributed by atoms with van der Waals surface area (Å²) >= 11 is 0. The highest BCUT2D eigenvalue weighted by molar-refractivity contribution is 5.94. The molecule has 0 aromatic heterocycles. The molecule has 1 N–H and O–H groups in total. The molecule has 4 rings (SSSR count). The Labute approximate surface area is 191 Å². The molecule has 0 aromatic rings. The van der Waals surface area contributed by atoms with Crippen LogP contribution >= 0.6 is 0 Å². The predicted octanol–water partition coefficient (Wildman–Crippen LogP) is 7.20. The van der Waals surface area contributed by atoms with E-state index in [0.29, 0.717) is 23.0 Å². The topological polar surface area (TPSA) is 37.3 Å². The molecule has 0 aliphatic heterocycles. The van der Waals surface area contributed by atoms with E-state index in [9.17, 15) is 9.90 Å². The molecule has 0 spiro atoms. The van der Waals surface area contributed by atoms with Crippen molar-refractivity contribution in [3.63, 3.8) is 0 Å². The van der Waals surface area contributed by atoms with Gasteiger partial charge in [0, 0.05) is 5.92 Å². The summed E-state index contributed by atoms with van der Waals surface area (Å²) in [6.45, 7) is 14.6. The van der Waals surface area contributed by atoms with E-state index in [4.69, 9.17) is 0 Å². The Morgan fingerprint density at radius 3 is 2.45 bits per heavy atom. The van der Waals surface area contributed by atoms with Gasteiger partial charge in [-0.05, 0) is 104 Å². The number of fused-ring (bicyclic) bond motifs is 5. The van der Waals surface area contributed by atoms with Crippen molar-refractivity contribution in [2.75, 3.05) is 0 Å². The first-order valence-electron chi connectivity index (χ1n) is 13.5. The molecule has 0 heterocycles. The second kappa shape index (κ2) is 8.62. The molecule has 4 aliphatic carbocycles. The minimum atomic E-state index is -0.243. The molecule has 0 bridgehead atoms. The van der Waals surface area contributed by atoms with Crippen LogP contribution in [0, 0.1) is 52.3 Å². The normalized spacial score (nSPS) is 44.3. The third kappa shape index (κ3) is 3.87. The van der Waals surface area contributed by atoms with Gasteiger partial charge in [0.05, 0.1) is 6.10 Å². The van der Waals surface area contributed by atoms with Crippen molar-refractivity contribution in [1.29, 1.82) is 0 Å². The maximum absolute atomic E-state index is 13.5. The van der Waals surface area contributed by atoms with Gasteiger partial charge < -0.3 is 5.11 Å². The Balaban J connectivity index is 1.52. The maximum Gasteiger partial charge on any atom is 0.159 e. The number of rotatable bonds is 6. The van der Waals surface area contributed by atoms with Crippen molar-refractivity contribution < 1.29 is 9.90 Å². The molecule has 4 aliphatic rings. The lowest BCUT2D eigenvalue weighted by Crippen LogP contribution is -2.53. The molecule has 9 atom stereocenters. The number of hydrogen-bond donors (Lipinski definition) is 1. The molecule has 31 heavy (non-hydrogen) atoms. The predicted molar refractivity (Wildman–Crippen MR) is 129 cm³/mol. The number of aliphatic hydroxyl groups is 1. The van der Waals surface area contributed by atoms with Gasteiger partial charge in [0.2, 0.25) is 0 Å². The molecule has 0 radical (unpaired) electrons. The first kappa shape index (κ1) is 23.5. The van der Waals surface area contributed by atoms with E-state index in [2.05, 4.69) is 41.5 Å². The third-order valence-electron chi connectivity index (χ3n) is 11.1. The Morgan fingerprint density at radius 2 is 1.77 bits per heavy atom. The van der Waals surface area contributed by atoms with Gasteiger partial charge in [-0.25, -0.2) is 0 Å². The molecule has 176 valence electrons. The maximum atomic E-state index is 13.5. The van der Waals surface area contributed by atoms with Gasteiger partial charge in [-0.15, -0.1) is 0 Å². The van der Waals surface area contributed by atoms with Crippen molar-refractivity contribution in [2.24, 2.45) is 52.3 Å². The molecule has 0 unspecified atom stereocenters. The van der Waals surface area contributed by atoms with E-state index in [1.807, 2.05) is 6.08 Å². The summed E-state index contributed by atoms with van der Waals surface area (Å²) in [5.74, 6) is 4.90. The van der Waals surface area contributed by atoms with Crippen LogP contribution in [0.1, 0.15) is 106 Å². The van der Waals surface area contributed by atoms with E-state index >= 15 is 0 Å². The quantitative estimate of drug-likeness (QED) is 0.485. The van der Waals surface area contributed by atoms with Crippen LogP contribution in [0.5, 0.6) is 0 Å². The van der Waals surface area contributed by atoms with Crippen LogP contribution in [0.25, 0.3) is 0 Å². The van der Waals surface area contributed by atoms with Gasteiger partial charge in [-0.2, -0.15) is 0 Å². The Morgan fingerprint density at radius 1 is 1.03 bits per heavy atom. The second-order valence-electron chi connectivity index (χ2n) is 12.8. The summed E-state index contributed by atoms with van der Waals surface area (Å²) in [6, 6.07) is 0. The van der Waals surface area contributed by atoms with Gasteiger partial charge in [-0.1, -0.05) is 60.0 Å². The summed E-state index contributed by atoms with van der Waals surface area (Å²) < 4.78 is 0. The SMILES string of the molecule is CC[C@H](CC[C@@H](C)[C@H]1CC[C@@H]2[C@@H]3C(=O)C=C4C[C@@H](O)CC[C@]4(C)[C@H]3CC[C@@]21C)C(C)C. The first-order chi connectivity index (χ1) is 14.6. The van der Waals surface area contributed by atoms with Crippen LogP contribution in [-0.2, 0) is 4.79 Å². The number of carbonyl (C=O) groups is 1. The fraction of sp³-hybridized carbons (Fsp3) is 0.897. The van der Waals surface area contributed by atoms with E-state index < -0.39 is 0 Å². The van der Waals surface area contributed by atoms with Crippen LogP contribution in [0.15, 0.2) is 11.6 Å². The number of aliphatic hydroxyl groups excluding tert-OH is 1.